The van der Waals surface area contributed by atoms with E-state index in [1.54, 1.807) is 0 Å². The molecule has 3 atom stereocenters. The zero-order valence-corrected chi connectivity index (χ0v) is 9.68. The molecule has 1 saturated heterocycles. The molecule has 2 heterocycles. The minimum Gasteiger partial charge on any atom is -0.380 e. The van der Waals surface area contributed by atoms with E-state index >= 15 is 0 Å². The Morgan fingerprint density at radius 1 is 1.50 bits per heavy atom. The molecule has 0 spiro atoms. The van der Waals surface area contributed by atoms with E-state index in [0.29, 0.717) is 6.42 Å². The van der Waals surface area contributed by atoms with Crippen molar-refractivity contribution < 1.29 is 9.84 Å². The molecule has 0 aliphatic carbocycles. The summed E-state index contributed by atoms with van der Waals surface area (Å²) < 4.78 is 5.91. The van der Waals surface area contributed by atoms with Crippen LogP contribution >= 0.6 is 0 Å². The van der Waals surface area contributed by atoms with E-state index in [1.807, 2.05) is 36.2 Å². The quantitative estimate of drug-likeness (QED) is 0.782. The van der Waals surface area contributed by atoms with Gasteiger partial charge >= 0.3 is 0 Å². The fourth-order valence-electron chi connectivity index (χ4n) is 2.96. The van der Waals surface area contributed by atoms with Crippen LogP contribution in [0.25, 0.3) is 0 Å². The maximum Gasteiger partial charge on any atom is 0.163 e. The summed E-state index contributed by atoms with van der Waals surface area (Å²) in [7, 11) is 1.99. The van der Waals surface area contributed by atoms with Crippen molar-refractivity contribution in [3.63, 3.8) is 0 Å². The molecule has 0 bridgehead atoms. The summed E-state index contributed by atoms with van der Waals surface area (Å²) in [6.45, 7) is 2.10. The maximum absolute atomic E-state index is 10.8. The van der Waals surface area contributed by atoms with Crippen LogP contribution in [-0.4, -0.2) is 24.5 Å². The standard InChI is InChI=1S/C13H17NO2/c1-3-9-8-13(15)10-6-4-5-7-11(10)14(2)12(13)16-9/h4-7,9,12,15H,3,8H2,1-2H3. The first-order valence-corrected chi connectivity index (χ1v) is 5.87. The molecule has 2 aliphatic heterocycles. The predicted octanol–water partition coefficient (Wildman–Crippen LogP) is 1.85. The van der Waals surface area contributed by atoms with Crippen molar-refractivity contribution in [3.8, 4) is 0 Å². The van der Waals surface area contributed by atoms with Gasteiger partial charge in [-0.05, 0) is 12.5 Å². The largest absolute Gasteiger partial charge is 0.380 e. The Balaban J connectivity index is 2.08. The van der Waals surface area contributed by atoms with Gasteiger partial charge < -0.3 is 14.7 Å². The number of anilines is 1. The third-order valence-electron chi connectivity index (χ3n) is 3.83. The Labute approximate surface area is 95.6 Å². The van der Waals surface area contributed by atoms with Gasteiger partial charge in [0.25, 0.3) is 0 Å². The molecule has 3 nitrogen and oxygen atoms in total. The van der Waals surface area contributed by atoms with Crippen LogP contribution in [0.3, 0.4) is 0 Å². The normalized spacial score (nSPS) is 36.3. The van der Waals surface area contributed by atoms with Gasteiger partial charge in [-0.1, -0.05) is 25.1 Å². The highest BCUT2D eigenvalue weighted by molar-refractivity contribution is 5.62. The van der Waals surface area contributed by atoms with Crippen molar-refractivity contribution >= 4 is 5.69 Å². The summed E-state index contributed by atoms with van der Waals surface area (Å²) in [4.78, 5) is 2.05. The summed E-state index contributed by atoms with van der Waals surface area (Å²) in [6, 6.07) is 8.02. The number of likely N-dealkylation sites (N-methyl/N-ethyl adjacent to an activating group) is 1. The van der Waals surface area contributed by atoms with Crippen LogP contribution in [0, 0.1) is 0 Å². The molecule has 0 aromatic heterocycles. The minimum atomic E-state index is -0.813. The average molecular weight is 219 g/mol. The molecule has 0 radical (unpaired) electrons. The molecule has 1 N–H and O–H groups in total. The first-order valence-electron chi connectivity index (χ1n) is 5.87. The maximum atomic E-state index is 10.8. The van der Waals surface area contributed by atoms with Gasteiger partial charge in [0.05, 0.1) is 6.10 Å². The highest BCUT2D eigenvalue weighted by Gasteiger charge is 2.55. The molecular weight excluding hydrogens is 202 g/mol. The summed E-state index contributed by atoms with van der Waals surface area (Å²) >= 11 is 0. The molecule has 3 heteroatoms. The van der Waals surface area contributed by atoms with Crippen LogP contribution in [0.5, 0.6) is 0 Å². The Morgan fingerprint density at radius 3 is 3.00 bits per heavy atom. The second-order valence-corrected chi connectivity index (χ2v) is 4.78. The van der Waals surface area contributed by atoms with Gasteiger partial charge in [0.1, 0.15) is 5.60 Å². The van der Waals surface area contributed by atoms with Crippen LogP contribution in [0.15, 0.2) is 24.3 Å². The lowest BCUT2D eigenvalue weighted by Gasteiger charge is -2.25. The molecule has 0 saturated carbocycles. The van der Waals surface area contributed by atoms with Gasteiger partial charge in [-0.2, -0.15) is 0 Å². The molecule has 1 aromatic rings. The predicted molar refractivity (Wildman–Crippen MR) is 62.3 cm³/mol. The fourth-order valence-corrected chi connectivity index (χ4v) is 2.96. The van der Waals surface area contributed by atoms with Crippen molar-refractivity contribution in [3.05, 3.63) is 29.8 Å². The first kappa shape index (κ1) is 10.1. The van der Waals surface area contributed by atoms with Gasteiger partial charge in [-0.25, -0.2) is 0 Å². The molecule has 3 rings (SSSR count). The average Bonchev–Trinajstić information content (AvgIpc) is 2.75. The second kappa shape index (κ2) is 3.22. The Hall–Kier alpha value is -1.06. The van der Waals surface area contributed by atoms with Crippen LogP contribution in [0.4, 0.5) is 5.69 Å². The molecule has 16 heavy (non-hydrogen) atoms. The lowest BCUT2D eigenvalue weighted by molar-refractivity contribution is -0.0393. The minimum absolute atomic E-state index is 0.172. The number of aliphatic hydroxyl groups is 1. The third kappa shape index (κ3) is 1.10. The Morgan fingerprint density at radius 2 is 2.25 bits per heavy atom. The van der Waals surface area contributed by atoms with E-state index < -0.39 is 5.60 Å². The van der Waals surface area contributed by atoms with Crippen molar-refractivity contribution in [2.75, 3.05) is 11.9 Å². The van der Waals surface area contributed by atoms with E-state index in [4.69, 9.17) is 4.74 Å². The summed E-state index contributed by atoms with van der Waals surface area (Å²) in [6.07, 6.45) is 1.62. The highest BCUT2D eigenvalue weighted by atomic mass is 16.5. The zero-order valence-electron chi connectivity index (χ0n) is 9.68. The number of rotatable bonds is 1. The number of ether oxygens (including phenoxy) is 1. The van der Waals surface area contributed by atoms with Crippen molar-refractivity contribution in [2.24, 2.45) is 0 Å². The van der Waals surface area contributed by atoms with Crippen LogP contribution in [0.1, 0.15) is 25.3 Å². The topological polar surface area (TPSA) is 32.7 Å². The fraction of sp³-hybridized carbons (Fsp3) is 0.538. The van der Waals surface area contributed by atoms with E-state index in [-0.39, 0.29) is 12.3 Å². The lowest BCUT2D eigenvalue weighted by atomic mass is 9.91. The summed E-state index contributed by atoms with van der Waals surface area (Å²) in [5.74, 6) is 0. The number of hydrogen-bond acceptors (Lipinski definition) is 3. The number of para-hydroxylation sites is 1. The Kier molecular flexibility index (Phi) is 2.03. The molecule has 2 aliphatic rings. The highest BCUT2D eigenvalue weighted by Crippen LogP contribution is 2.50. The smallest absolute Gasteiger partial charge is 0.163 e. The summed E-state index contributed by atoms with van der Waals surface area (Å²) in [5, 5.41) is 10.8. The van der Waals surface area contributed by atoms with E-state index in [9.17, 15) is 5.11 Å². The van der Waals surface area contributed by atoms with E-state index in [0.717, 1.165) is 17.7 Å². The van der Waals surface area contributed by atoms with Crippen molar-refractivity contribution in [1.82, 2.24) is 0 Å². The molecular formula is C13H17NO2. The number of nitrogens with zero attached hydrogens (tertiary/aromatic N) is 1. The van der Waals surface area contributed by atoms with E-state index in [2.05, 4.69) is 6.92 Å². The van der Waals surface area contributed by atoms with Gasteiger partial charge in [-0.3, -0.25) is 0 Å². The lowest BCUT2D eigenvalue weighted by Crippen LogP contribution is -2.39. The number of fused-ring (bicyclic) bond motifs is 3. The first-order chi connectivity index (χ1) is 7.66. The van der Waals surface area contributed by atoms with Gasteiger partial charge in [-0.15, -0.1) is 0 Å². The van der Waals surface area contributed by atoms with Gasteiger partial charge in [0.2, 0.25) is 0 Å². The van der Waals surface area contributed by atoms with E-state index in [1.165, 1.54) is 0 Å². The second-order valence-electron chi connectivity index (χ2n) is 4.78. The SMILES string of the molecule is CCC1CC2(O)c3ccccc3N(C)C2O1. The monoisotopic (exact) mass is 219 g/mol. The molecule has 1 aromatic carbocycles. The number of hydrogen-bond donors (Lipinski definition) is 1. The van der Waals surface area contributed by atoms with Crippen molar-refractivity contribution in [1.29, 1.82) is 0 Å². The zero-order chi connectivity index (χ0) is 11.3. The van der Waals surface area contributed by atoms with Crippen LogP contribution in [0.2, 0.25) is 0 Å². The third-order valence-corrected chi connectivity index (χ3v) is 3.83. The molecule has 1 fully saturated rings. The number of benzene rings is 1. The molecule has 3 unspecified atom stereocenters. The molecule has 0 amide bonds. The molecule has 86 valence electrons. The van der Waals surface area contributed by atoms with Crippen molar-refractivity contribution in [2.45, 2.75) is 37.7 Å². The Bertz CT molecular complexity index is 420. The van der Waals surface area contributed by atoms with Crippen LogP contribution < -0.4 is 4.90 Å². The van der Waals surface area contributed by atoms with Crippen LogP contribution in [-0.2, 0) is 10.3 Å². The van der Waals surface area contributed by atoms with Gasteiger partial charge in [0.15, 0.2) is 6.23 Å². The summed E-state index contributed by atoms with van der Waals surface area (Å²) in [5.41, 5.74) is 1.29. The van der Waals surface area contributed by atoms with Gasteiger partial charge in [0, 0.05) is 24.7 Å².